The van der Waals surface area contributed by atoms with Gasteiger partial charge in [-0.2, -0.15) is 13.2 Å². The van der Waals surface area contributed by atoms with Crippen molar-refractivity contribution < 1.29 is 27.5 Å². The first-order chi connectivity index (χ1) is 12.8. The van der Waals surface area contributed by atoms with Crippen LogP contribution in [0.2, 0.25) is 0 Å². The Bertz CT molecular complexity index is 776. The van der Waals surface area contributed by atoms with E-state index in [1.165, 1.54) is 6.07 Å². The first-order valence-corrected chi connectivity index (χ1v) is 8.50. The summed E-state index contributed by atoms with van der Waals surface area (Å²) in [5.74, 6) is -1.50. The second kappa shape index (κ2) is 9.21. The normalized spacial score (nSPS) is 12.3. The topological polar surface area (TPSA) is 55.4 Å². The minimum absolute atomic E-state index is 0.226. The van der Waals surface area contributed by atoms with Gasteiger partial charge in [0.05, 0.1) is 17.2 Å². The molecule has 0 radical (unpaired) electrons. The van der Waals surface area contributed by atoms with Gasteiger partial charge in [0.1, 0.15) is 0 Å². The molecule has 4 nitrogen and oxygen atoms in total. The number of benzene rings is 2. The molecule has 0 fully saturated rings. The van der Waals surface area contributed by atoms with Crippen molar-refractivity contribution in [3.63, 3.8) is 0 Å². The van der Waals surface area contributed by atoms with E-state index in [1.807, 2.05) is 37.3 Å². The van der Waals surface area contributed by atoms with Crippen LogP contribution in [-0.4, -0.2) is 18.5 Å². The lowest BCUT2D eigenvalue weighted by Gasteiger charge is -2.18. The van der Waals surface area contributed by atoms with Gasteiger partial charge in [0, 0.05) is 0 Å². The Kier molecular flexibility index (Phi) is 6.98. The number of rotatable bonds is 7. The molecular formula is C20H20F3NO3. The highest BCUT2D eigenvalue weighted by molar-refractivity contribution is 5.91. The van der Waals surface area contributed by atoms with Crippen molar-refractivity contribution in [3.05, 3.63) is 71.3 Å². The minimum atomic E-state index is -4.56. The van der Waals surface area contributed by atoms with E-state index in [0.29, 0.717) is 12.5 Å². The fourth-order valence-electron chi connectivity index (χ4n) is 2.57. The molecule has 0 aromatic heterocycles. The molecule has 2 rings (SSSR count). The number of carbonyl (C=O) groups excluding carboxylic acids is 2. The highest BCUT2D eigenvalue weighted by atomic mass is 19.4. The van der Waals surface area contributed by atoms with Gasteiger partial charge in [-0.15, -0.1) is 0 Å². The number of carbonyl (C=O) groups is 2. The summed E-state index contributed by atoms with van der Waals surface area (Å²) < 4.78 is 43.0. The number of amides is 1. The molecule has 1 N–H and O–H groups in total. The summed E-state index contributed by atoms with van der Waals surface area (Å²) >= 11 is 0. The van der Waals surface area contributed by atoms with Crippen molar-refractivity contribution in [2.24, 2.45) is 0 Å². The molecule has 0 heterocycles. The first kappa shape index (κ1) is 20.5. The molecule has 27 heavy (non-hydrogen) atoms. The summed E-state index contributed by atoms with van der Waals surface area (Å²) in [6.07, 6.45) is -3.02. The maximum absolute atomic E-state index is 12.7. The minimum Gasteiger partial charge on any atom is -0.452 e. The van der Waals surface area contributed by atoms with Crippen LogP contribution in [0.4, 0.5) is 13.2 Å². The predicted molar refractivity (Wildman–Crippen MR) is 94.0 cm³/mol. The molecule has 0 saturated heterocycles. The summed E-state index contributed by atoms with van der Waals surface area (Å²) in [6, 6.07) is 13.0. The lowest BCUT2D eigenvalue weighted by molar-refractivity contribution is -0.137. The van der Waals surface area contributed by atoms with Gasteiger partial charge >= 0.3 is 12.1 Å². The van der Waals surface area contributed by atoms with E-state index < -0.39 is 30.2 Å². The average molecular weight is 379 g/mol. The van der Waals surface area contributed by atoms with Crippen molar-refractivity contribution in [1.82, 2.24) is 5.32 Å². The zero-order valence-corrected chi connectivity index (χ0v) is 14.8. The lowest BCUT2D eigenvalue weighted by atomic mass is 10.0. The fourth-order valence-corrected chi connectivity index (χ4v) is 2.57. The van der Waals surface area contributed by atoms with E-state index in [2.05, 4.69) is 5.32 Å². The Labute approximate surface area is 155 Å². The van der Waals surface area contributed by atoms with Crippen LogP contribution in [0.3, 0.4) is 0 Å². The van der Waals surface area contributed by atoms with Gasteiger partial charge in [-0.25, -0.2) is 4.79 Å². The van der Waals surface area contributed by atoms with Crippen molar-refractivity contribution in [1.29, 1.82) is 0 Å². The smallest absolute Gasteiger partial charge is 0.416 e. The second-order valence-electron chi connectivity index (χ2n) is 5.97. The van der Waals surface area contributed by atoms with Gasteiger partial charge in [0.2, 0.25) is 0 Å². The zero-order valence-electron chi connectivity index (χ0n) is 14.8. The van der Waals surface area contributed by atoms with Gasteiger partial charge in [-0.05, 0) is 30.2 Å². The quantitative estimate of drug-likeness (QED) is 0.720. The molecule has 1 amide bonds. The molecular weight excluding hydrogens is 359 g/mol. The van der Waals surface area contributed by atoms with E-state index in [9.17, 15) is 22.8 Å². The molecule has 0 aliphatic heterocycles. The van der Waals surface area contributed by atoms with Crippen molar-refractivity contribution >= 4 is 11.9 Å². The molecule has 0 aliphatic rings. The van der Waals surface area contributed by atoms with Gasteiger partial charge in [0.25, 0.3) is 5.91 Å². The van der Waals surface area contributed by atoms with Crippen LogP contribution in [0.25, 0.3) is 0 Å². The number of esters is 1. The van der Waals surface area contributed by atoms with E-state index in [0.717, 1.165) is 24.1 Å². The van der Waals surface area contributed by atoms with E-state index in [1.54, 1.807) is 0 Å². The summed E-state index contributed by atoms with van der Waals surface area (Å²) in [6.45, 7) is 1.41. The van der Waals surface area contributed by atoms with Crippen LogP contribution >= 0.6 is 0 Å². The Balaban J connectivity index is 1.95. The molecule has 0 unspecified atom stereocenters. The molecule has 0 aliphatic carbocycles. The SMILES string of the molecule is CCC[C@@H](NC(=O)COC(=O)c1cccc(C(F)(F)F)c1)c1ccccc1. The van der Waals surface area contributed by atoms with E-state index >= 15 is 0 Å². The Morgan fingerprint density at radius 3 is 2.41 bits per heavy atom. The highest BCUT2D eigenvalue weighted by Gasteiger charge is 2.31. The molecule has 0 saturated carbocycles. The number of nitrogens with one attached hydrogen (secondary N) is 1. The average Bonchev–Trinajstić information content (AvgIpc) is 2.66. The fraction of sp³-hybridized carbons (Fsp3) is 0.300. The molecule has 2 aromatic rings. The van der Waals surface area contributed by atoms with Crippen molar-refractivity contribution in [2.45, 2.75) is 32.0 Å². The van der Waals surface area contributed by atoms with Gasteiger partial charge in [0.15, 0.2) is 6.61 Å². The lowest BCUT2D eigenvalue weighted by Crippen LogP contribution is -2.32. The van der Waals surface area contributed by atoms with Gasteiger partial charge in [-0.1, -0.05) is 49.7 Å². The third-order valence-corrected chi connectivity index (χ3v) is 3.87. The second-order valence-corrected chi connectivity index (χ2v) is 5.97. The largest absolute Gasteiger partial charge is 0.452 e. The molecule has 144 valence electrons. The summed E-state index contributed by atoms with van der Waals surface area (Å²) in [5, 5.41) is 2.78. The molecule has 0 spiro atoms. The Morgan fingerprint density at radius 2 is 1.78 bits per heavy atom. The number of halogens is 3. The standard InChI is InChI=1S/C20H20F3NO3/c1-2-7-17(14-8-4-3-5-9-14)24-18(25)13-27-19(26)15-10-6-11-16(12-15)20(21,22)23/h3-6,8-12,17H,2,7,13H2,1H3,(H,24,25)/t17-/m1/s1. The summed E-state index contributed by atoms with van der Waals surface area (Å²) in [5.41, 5.74) is -0.281. The van der Waals surface area contributed by atoms with Crippen LogP contribution in [0.15, 0.2) is 54.6 Å². The highest BCUT2D eigenvalue weighted by Crippen LogP contribution is 2.29. The Morgan fingerprint density at radius 1 is 1.07 bits per heavy atom. The number of hydrogen-bond donors (Lipinski definition) is 1. The van der Waals surface area contributed by atoms with Gasteiger partial charge in [-0.3, -0.25) is 4.79 Å². The Hall–Kier alpha value is -2.83. The summed E-state index contributed by atoms with van der Waals surface area (Å²) in [4.78, 5) is 24.0. The monoisotopic (exact) mass is 379 g/mol. The van der Waals surface area contributed by atoms with Crippen molar-refractivity contribution in [2.75, 3.05) is 6.61 Å². The number of hydrogen-bond acceptors (Lipinski definition) is 3. The van der Waals surface area contributed by atoms with E-state index in [4.69, 9.17) is 4.74 Å². The molecule has 0 bridgehead atoms. The molecule has 1 atom stereocenters. The van der Waals surface area contributed by atoms with Crippen LogP contribution in [-0.2, 0) is 15.7 Å². The van der Waals surface area contributed by atoms with E-state index in [-0.39, 0.29) is 11.6 Å². The van der Waals surface area contributed by atoms with Crippen LogP contribution in [0.1, 0.15) is 47.3 Å². The first-order valence-electron chi connectivity index (χ1n) is 8.50. The maximum atomic E-state index is 12.7. The number of ether oxygens (including phenoxy) is 1. The van der Waals surface area contributed by atoms with Crippen LogP contribution in [0, 0.1) is 0 Å². The third-order valence-electron chi connectivity index (χ3n) is 3.87. The van der Waals surface area contributed by atoms with Crippen LogP contribution < -0.4 is 5.32 Å². The maximum Gasteiger partial charge on any atom is 0.416 e. The summed E-state index contributed by atoms with van der Waals surface area (Å²) in [7, 11) is 0. The third kappa shape index (κ3) is 6.13. The number of alkyl halides is 3. The van der Waals surface area contributed by atoms with Crippen LogP contribution in [0.5, 0.6) is 0 Å². The van der Waals surface area contributed by atoms with Gasteiger partial charge < -0.3 is 10.1 Å². The molecule has 2 aromatic carbocycles. The zero-order chi connectivity index (χ0) is 19.9. The van der Waals surface area contributed by atoms with Crippen molar-refractivity contribution in [3.8, 4) is 0 Å². The predicted octanol–water partition coefficient (Wildman–Crippen LogP) is 4.52. The molecule has 7 heteroatoms.